The van der Waals surface area contributed by atoms with Crippen LogP contribution in [0.5, 0.6) is 0 Å². The van der Waals surface area contributed by atoms with Crippen molar-refractivity contribution in [3.63, 3.8) is 0 Å². The summed E-state index contributed by atoms with van der Waals surface area (Å²) in [5.74, 6) is 1.23. The van der Waals surface area contributed by atoms with Crippen molar-refractivity contribution in [3.8, 4) is 0 Å². The summed E-state index contributed by atoms with van der Waals surface area (Å²) < 4.78 is 0. The normalized spacial score (nSPS) is 27.1. The van der Waals surface area contributed by atoms with Crippen LogP contribution in [-0.4, -0.2) is 59.6 Å². The van der Waals surface area contributed by atoms with Crippen LogP contribution in [0.1, 0.15) is 84.5 Å². The molecular weight excluding hydrogens is 406 g/mol. The molecule has 0 bridgehead atoms. The SMILES string of the molecule is CC1CCN(C(=O)CCCCCNC(=O)C2CCC(CN3C(=O)CC(C)C3=O)CC2)CC1. The monoisotopic (exact) mass is 447 g/mol. The summed E-state index contributed by atoms with van der Waals surface area (Å²) in [6, 6.07) is 0. The molecule has 7 nitrogen and oxygen atoms in total. The van der Waals surface area contributed by atoms with E-state index in [0.717, 1.165) is 76.8 Å². The van der Waals surface area contributed by atoms with Crippen molar-refractivity contribution in [3.05, 3.63) is 0 Å². The Balaban J connectivity index is 1.23. The summed E-state index contributed by atoms with van der Waals surface area (Å²) in [4.78, 5) is 52.3. The first-order valence-corrected chi connectivity index (χ1v) is 12.7. The van der Waals surface area contributed by atoms with Gasteiger partial charge in [0.2, 0.25) is 23.6 Å². The van der Waals surface area contributed by atoms with E-state index in [1.807, 2.05) is 11.8 Å². The molecular formula is C25H41N3O4. The van der Waals surface area contributed by atoms with Gasteiger partial charge in [-0.05, 0) is 63.2 Å². The summed E-state index contributed by atoms with van der Waals surface area (Å²) in [7, 11) is 0. The van der Waals surface area contributed by atoms with Gasteiger partial charge in [0.15, 0.2) is 0 Å². The third kappa shape index (κ3) is 6.79. The Kier molecular flexibility index (Phi) is 9.11. The van der Waals surface area contributed by atoms with Crippen molar-refractivity contribution in [2.75, 3.05) is 26.2 Å². The largest absolute Gasteiger partial charge is 0.356 e. The first kappa shape index (κ1) is 24.7. The van der Waals surface area contributed by atoms with Gasteiger partial charge in [-0.2, -0.15) is 0 Å². The fraction of sp³-hybridized carbons (Fsp3) is 0.840. The Morgan fingerprint density at radius 3 is 2.25 bits per heavy atom. The topological polar surface area (TPSA) is 86.8 Å². The van der Waals surface area contributed by atoms with E-state index in [-0.39, 0.29) is 35.5 Å². The molecule has 1 unspecified atom stereocenters. The number of unbranched alkanes of at least 4 members (excludes halogenated alkanes) is 2. The third-order valence-electron chi connectivity index (χ3n) is 7.63. The second-order valence-corrected chi connectivity index (χ2v) is 10.3. The Labute approximate surface area is 192 Å². The van der Waals surface area contributed by atoms with Gasteiger partial charge in [0.25, 0.3) is 0 Å². The van der Waals surface area contributed by atoms with E-state index < -0.39 is 0 Å². The quantitative estimate of drug-likeness (QED) is 0.435. The van der Waals surface area contributed by atoms with Gasteiger partial charge < -0.3 is 10.2 Å². The van der Waals surface area contributed by atoms with Crippen LogP contribution in [0.15, 0.2) is 0 Å². The zero-order valence-corrected chi connectivity index (χ0v) is 19.9. The number of piperidine rings is 1. The van der Waals surface area contributed by atoms with Crippen LogP contribution in [-0.2, 0) is 19.2 Å². The zero-order chi connectivity index (χ0) is 23.1. The number of carbonyl (C=O) groups excluding carboxylic acids is 4. The van der Waals surface area contributed by atoms with E-state index in [4.69, 9.17) is 0 Å². The molecule has 1 N–H and O–H groups in total. The minimum Gasteiger partial charge on any atom is -0.356 e. The fourth-order valence-corrected chi connectivity index (χ4v) is 5.26. The third-order valence-corrected chi connectivity index (χ3v) is 7.63. The maximum Gasteiger partial charge on any atom is 0.232 e. The summed E-state index contributed by atoms with van der Waals surface area (Å²) in [5, 5.41) is 3.06. The molecule has 3 fully saturated rings. The number of likely N-dealkylation sites (tertiary alicyclic amines) is 2. The summed E-state index contributed by atoms with van der Waals surface area (Å²) in [5.41, 5.74) is 0. The first-order valence-electron chi connectivity index (χ1n) is 12.7. The van der Waals surface area contributed by atoms with Crippen LogP contribution >= 0.6 is 0 Å². The minimum absolute atomic E-state index is 0.0397. The second-order valence-electron chi connectivity index (χ2n) is 10.3. The molecule has 0 aromatic heterocycles. The Morgan fingerprint density at radius 2 is 1.62 bits per heavy atom. The molecule has 0 radical (unpaired) electrons. The van der Waals surface area contributed by atoms with E-state index in [1.165, 1.54) is 4.90 Å². The van der Waals surface area contributed by atoms with Crippen molar-refractivity contribution >= 4 is 23.6 Å². The molecule has 2 aliphatic heterocycles. The van der Waals surface area contributed by atoms with Gasteiger partial charge in [0, 0.05) is 50.9 Å². The number of carbonyl (C=O) groups is 4. The van der Waals surface area contributed by atoms with Crippen LogP contribution in [0.3, 0.4) is 0 Å². The highest BCUT2D eigenvalue weighted by Crippen LogP contribution is 2.31. The Bertz CT molecular complexity index is 679. The molecule has 2 saturated heterocycles. The van der Waals surface area contributed by atoms with E-state index in [2.05, 4.69) is 12.2 Å². The van der Waals surface area contributed by atoms with Gasteiger partial charge in [-0.1, -0.05) is 20.3 Å². The molecule has 3 aliphatic rings. The highest BCUT2D eigenvalue weighted by molar-refractivity contribution is 6.03. The molecule has 1 saturated carbocycles. The Hall–Kier alpha value is -1.92. The lowest BCUT2D eigenvalue weighted by molar-refractivity contribution is -0.140. The minimum atomic E-state index is -0.184. The smallest absolute Gasteiger partial charge is 0.232 e. The summed E-state index contributed by atoms with van der Waals surface area (Å²) >= 11 is 0. The predicted molar refractivity (Wildman–Crippen MR) is 122 cm³/mol. The average molecular weight is 448 g/mol. The molecule has 3 rings (SSSR count). The number of imide groups is 1. The van der Waals surface area contributed by atoms with Gasteiger partial charge in [-0.25, -0.2) is 0 Å². The zero-order valence-electron chi connectivity index (χ0n) is 19.9. The van der Waals surface area contributed by atoms with E-state index >= 15 is 0 Å². The van der Waals surface area contributed by atoms with Gasteiger partial charge in [-0.15, -0.1) is 0 Å². The van der Waals surface area contributed by atoms with Crippen molar-refractivity contribution in [2.45, 2.75) is 84.5 Å². The van der Waals surface area contributed by atoms with E-state index in [9.17, 15) is 19.2 Å². The lowest BCUT2D eigenvalue weighted by Crippen LogP contribution is -2.38. The fourth-order valence-electron chi connectivity index (χ4n) is 5.26. The number of nitrogens with zero attached hydrogens (tertiary/aromatic N) is 2. The number of amides is 4. The van der Waals surface area contributed by atoms with Crippen LogP contribution in [0, 0.1) is 23.7 Å². The lowest BCUT2D eigenvalue weighted by Gasteiger charge is -2.30. The molecule has 4 amide bonds. The molecule has 1 atom stereocenters. The van der Waals surface area contributed by atoms with Crippen LogP contribution in [0.25, 0.3) is 0 Å². The molecule has 0 aromatic rings. The van der Waals surface area contributed by atoms with Crippen molar-refractivity contribution in [1.29, 1.82) is 0 Å². The van der Waals surface area contributed by atoms with Crippen LogP contribution < -0.4 is 5.32 Å². The molecule has 2 heterocycles. The van der Waals surface area contributed by atoms with Crippen molar-refractivity contribution in [1.82, 2.24) is 15.1 Å². The number of nitrogens with one attached hydrogen (secondary N) is 1. The van der Waals surface area contributed by atoms with Crippen LogP contribution in [0.2, 0.25) is 0 Å². The molecule has 0 aromatic carbocycles. The predicted octanol–water partition coefficient (Wildman–Crippen LogP) is 3.12. The summed E-state index contributed by atoms with van der Waals surface area (Å²) in [6.45, 7) is 7.06. The molecule has 1 aliphatic carbocycles. The van der Waals surface area contributed by atoms with E-state index in [0.29, 0.717) is 31.8 Å². The van der Waals surface area contributed by atoms with Gasteiger partial charge in [0.05, 0.1) is 0 Å². The highest BCUT2D eigenvalue weighted by Gasteiger charge is 2.37. The number of hydrogen-bond acceptors (Lipinski definition) is 4. The van der Waals surface area contributed by atoms with Crippen molar-refractivity contribution < 1.29 is 19.2 Å². The molecule has 180 valence electrons. The Morgan fingerprint density at radius 1 is 0.938 bits per heavy atom. The highest BCUT2D eigenvalue weighted by atomic mass is 16.2. The van der Waals surface area contributed by atoms with Gasteiger partial charge in [0.1, 0.15) is 0 Å². The summed E-state index contributed by atoms with van der Waals surface area (Å²) in [6.07, 6.45) is 9.37. The van der Waals surface area contributed by atoms with Gasteiger partial charge >= 0.3 is 0 Å². The lowest BCUT2D eigenvalue weighted by atomic mass is 9.81. The van der Waals surface area contributed by atoms with Crippen molar-refractivity contribution in [2.24, 2.45) is 23.7 Å². The molecule has 32 heavy (non-hydrogen) atoms. The maximum absolute atomic E-state index is 12.5. The maximum atomic E-state index is 12.5. The van der Waals surface area contributed by atoms with Crippen LogP contribution in [0.4, 0.5) is 0 Å². The first-order chi connectivity index (χ1) is 15.3. The number of rotatable bonds is 9. The molecule has 0 spiro atoms. The molecule has 7 heteroatoms. The van der Waals surface area contributed by atoms with E-state index in [1.54, 1.807) is 0 Å². The standard InChI is InChI=1S/C25H41N3O4/c1-18-11-14-27(15-12-18)22(29)6-4-3-5-13-26-24(31)21-9-7-20(8-10-21)17-28-23(30)16-19(2)25(28)32/h18-21H,3-17H2,1-2H3,(H,26,31). The average Bonchev–Trinajstić information content (AvgIpc) is 3.02. The van der Waals surface area contributed by atoms with Gasteiger partial charge in [-0.3, -0.25) is 24.1 Å². The number of hydrogen-bond donors (Lipinski definition) is 1. The second kappa shape index (κ2) is 11.8.